The number of nitrogens with one attached hydrogen (secondary N) is 1. The van der Waals surface area contributed by atoms with E-state index in [-0.39, 0.29) is 11.5 Å². The van der Waals surface area contributed by atoms with Gasteiger partial charge < -0.3 is 10.1 Å². The van der Waals surface area contributed by atoms with Crippen LogP contribution in [-0.4, -0.2) is 23.1 Å². The third kappa shape index (κ3) is 3.95. The largest absolute Gasteiger partial charge is 0.370 e. The Bertz CT molecular complexity index is 385. The molecule has 0 radical (unpaired) electrons. The van der Waals surface area contributed by atoms with Crippen molar-refractivity contribution in [2.45, 2.75) is 47.6 Å². The monoisotopic (exact) mass is 251 g/mol. The van der Waals surface area contributed by atoms with E-state index in [4.69, 9.17) is 4.74 Å². The molecule has 102 valence electrons. The van der Waals surface area contributed by atoms with Gasteiger partial charge in [0.05, 0.1) is 0 Å². The van der Waals surface area contributed by atoms with Gasteiger partial charge in [-0.15, -0.1) is 0 Å². The van der Waals surface area contributed by atoms with Crippen molar-refractivity contribution in [2.75, 3.05) is 18.5 Å². The fourth-order valence-electron chi connectivity index (χ4n) is 1.86. The lowest BCUT2D eigenvalue weighted by Gasteiger charge is -2.29. The fraction of sp³-hybridized carbons (Fsp3) is 0.714. The molecular weight excluding hydrogens is 226 g/mol. The molecule has 4 nitrogen and oxygen atoms in total. The van der Waals surface area contributed by atoms with E-state index in [1.165, 1.54) is 0 Å². The molecule has 1 aromatic rings. The number of aryl methyl sites for hydroxylation is 1. The minimum atomic E-state index is -0.0835. The molecule has 0 bridgehead atoms. The third-order valence-electron chi connectivity index (χ3n) is 2.58. The van der Waals surface area contributed by atoms with Gasteiger partial charge in [0.2, 0.25) is 0 Å². The van der Waals surface area contributed by atoms with E-state index in [9.17, 15) is 0 Å². The van der Waals surface area contributed by atoms with Crippen LogP contribution in [0.3, 0.4) is 0 Å². The predicted octanol–water partition coefficient (Wildman–Crippen LogP) is 3.34. The molecule has 1 rings (SSSR count). The van der Waals surface area contributed by atoms with Crippen molar-refractivity contribution in [3.63, 3.8) is 0 Å². The first-order valence-electron chi connectivity index (χ1n) is 6.59. The van der Waals surface area contributed by atoms with Gasteiger partial charge in [-0.05, 0) is 26.2 Å². The highest BCUT2D eigenvalue weighted by Crippen LogP contribution is 2.34. The minimum absolute atomic E-state index is 0.0205. The zero-order valence-electron chi connectivity index (χ0n) is 12.4. The molecule has 0 amide bonds. The zero-order valence-corrected chi connectivity index (χ0v) is 12.4. The van der Waals surface area contributed by atoms with Crippen molar-refractivity contribution in [2.24, 2.45) is 5.41 Å². The summed E-state index contributed by atoms with van der Waals surface area (Å²) in [6.45, 7) is 14.0. The summed E-state index contributed by atoms with van der Waals surface area (Å²) in [6.07, 6.45) is -0.0835. The van der Waals surface area contributed by atoms with Gasteiger partial charge in [0, 0.05) is 24.9 Å². The summed E-state index contributed by atoms with van der Waals surface area (Å²) in [7, 11) is 0. The molecule has 0 saturated carbocycles. The third-order valence-corrected chi connectivity index (χ3v) is 2.58. The lowest BCUT2D eigenvalue weighted by atomic mass is 9.88. The van der Waals surface area contributed by atoms with E-state index in [1.54, 1.807) is 0 Å². The average Bonchev–Trinajstić information content (AvgIpc) is 2.23. The van der Waals surface area contributed by atoms with E-state index in [0.29, 0.717) is 6.61 Å². The standard InChI is InChI=1S/C14H25N3O/c1-7-15-11-9-10(3)16-13(17-11)12(18-8-2)14(4,5)6/h9,12H,7-8H2,1-6H3,(H,15,16,17). The first-order valence-corrected chi connectivity index (χ1v) is 6.59. The van der Waals surface area contributed by atoms with Crippen LogP contribution in [0, 0.1) is 12.3 Å². The van der Waals surface area contributed by atoms with Crippen molar-refractivity contribution in [3.05, 3.63) is 17.6 Å². The molecule has 1 heterocycles. The quantitative estimate of drug-likeness (QED) is 0.872. The summed E-state index contributed by atoms with van der Waals surface area (Å²) in [5.41, 5.74) is 0.942. The molecule has 0 aliphatic heterocycles. The van der Waals surface area contributed by atoms with Crippen LogP contribution in [0.25, 0.3) is 0 Å². The van der Waals surface area contributed by atoms with Gasteiger partial charge in [-0.1, -0.05) is 20.8 Å². The molecule has 0 aliphatic rings. The summed E-state index contributed by atoms with van der Waals surface area (Å²) in [5, 5.41) is 3.23. The Balaban J connectivity index is 3.11. The van der Waals surface area contributed by atoms with Crippen molar-refractivity contribution < 1.29 is 4.74 Å². The Labute approximate surface area is 110 Å². The number of aromatic nitrogens is 2. The van der Waals surface area contributed by atoms with Crippen LogP contribution >= 0.6 is 0 Å². The Kier molecular flexibility index (Phi) is 5.08. The molecule has 0 spiro atoms. The van der Waals surface area contributed by atoms with Crippen LogP contribution in [-0.2, 0) is 4.74 Å². The van der Waals surface area contributed by atoms with Gasteiger partial charge >= 0.3 is 0 Å². The molecule has 1 unspecified atom stereocenters. The Morgan fingerprint density at radius 2 is 1.94 bits per heavy atom. The first kappa shape index (κ1) is 14.9. The highest BCUT2D eigenvalue weighted by atomic mass is 16.5. The van der Waals surface area contributed by atoms with Crippen molar-refractivity contribution in [1.82, 2.24) is 9.97 Å². The van der Waals surface area contributed by atoms with E-state index in [2.05, 4.69) is 43.0 Å². The summed E-state index contributed by atoms with van der Waals surface area (Å²) in [5.74, 6) is 1.63. The predicted molar refractivity (Wildman–Crippen MR) is 74.8 cm³/mol. The Morgan fingerprint density at radius 1 is 1.28 bits per heavy atom. The molecular formula is C14H25N3O. The Morgan fingerprint density at radius 3 is 2.44 bits per heavy atom. The summed E-state index contributed by atoms with van der Waals surface area (Å²) in [6, 6.07) is 1.96. The van der Waals surface area contributed by atoms with Crippen LogP contribution in [0.4, 0.5) is 5.82 Å². The second-order valence-corrected chi connectivity index (χ2v) is 5.48. The van der Waals surface area contributed by atoms with Gasteiger partial charge in [-0.3, -0.25) is 0 Å². The highest BCUT2D eigenvalue weighted by Gasteiger charge is 2.29. The van der Waals surface area contributed by atoms with Gasteiger partial charge in [0.1, 0.15) is 11.9 Å². The Hall–Kier alpha value is -1.16. The van der Waals surface area contributed by atoms with Gasteiger partial charge in [0.15, 0.2) is 5.82 Å². The maximum atomic E-state index is 5.83. The maximum absolute atomic E-state index is 5.83. The number of nitrogens with zero attached hydrogens (tertiary/aromatic N) is 2. The van der Waals surface area contributed by atoms with Crippen LogP contribution < -0.4 is 5.32 Å². The first-order chi connectivity index (χ1) is 8.38. The molecule has 0 aromatic carbocycles. The summed E-state index contributed by atoms with van der Waals surface area (Å²) >= 11 is 0. The van der Waals surface area contributed by atoms with E-state index >= 15 is 0 Å². The van der Waals surface area contributed by atoms with E-state index in [1.807, 2.05) is 19.9 Å². The van der Waals surface area contributed by atoms with Crippen LogP contribution in [0.15, 0.2) is 6.07 Å². The molecule has 1 atom stereocenters. The van der Waals surface area contributed by atoms with Crippen LogP contribution in [0.2, 0.25) is 0 Å². The second-order valence-electron chi connectivity index (χ2n) is 5.48. The second kappa shape index (κ2) is 6.14. The van der Waals surface area contributed by atoms with Gasteiger partial charge in [-0.25, -0.2) is 9.97 Å². The molecule has 1 N–H and O–H groups in total. The number of hydrogen-bond donors (Lipinski definition) is 1. The zero-order chi connectivity index (χ0) is 13.8. The van der Waals surface area contributed by atoms with Gasteiger partial charge in [0.25, 0.3) is 0 Å². The van der Waals surface area contributed by atoms with Crippen molar-refractivity contribution in [3.8, 4) is 0 Å². The van der Waals surface area contributed by atoms with Crippen LogP contribution in [0.1, 0.15) is 52.2 Å². The summed E-state index contributed by atoms with van der Waals surface area (Å²) in [4.78, 5) is 9.09. The SMILES string of the molecule is CCNc1cc(C)nc(C(OCC)C(C)(C)C)n1. The average molecular weight is 251 g/mol. The van der Waals surface area contributed by atoms with E-state index < -0.39 is 0 Å². The number of anilines is 1. The van der Waals surface area contributed by atoms with E-state index in [0.717, 1.165) is 23.9 Å². The number of rotatable bonds is 5. The highest BCUT2D eigenvalue weighted by molar-refractivity contribution is 5.36. The van der Waals surface area contributed by atoms with Crippen molar-refractivity contribution in [1.29, 1.82) is 0 Å². The molecule has 1 aromatic heterocycles. The summed E-state index contributed by atoms with van der Waals surface area (Å²) < 4.78 is 5.83. The normalized spacial score (nSPS) is 13.4. The lowest BCUT2D eigenvalue weighted by molar-refractivity contribution is -0.0191. The maximum Gasteiger partial charge on any atom is 0.160 e. The number of hydrogen-bond acceptors (Lipinski definition) is 4. The molecule has 0 aliphatic carbocycles. The fourth-order valence-corrected chi connectivity index (χ4v) is 1.86. The topological polar surface area (TPSA) is 47.0 Å². The lowest BCUT2D eigenvalue weighted by Crippen LogP contribution is -2.24. The molecule has 4 heteroatoms. The molecule has 0 fully saturated rings. The molecule has 0 saturated heterocycles. The number of ether oxygens (including phenoxy) is 1. The van der Waals surface area contributed by atoms with Crippen LogP contribution in [0.5, 0.6) is 0 Å². The van der Waals surface area contributed by atoms with Crippen molar-refractivity contribution >= 4 is 5.82 Å². The smallest absolute Gasteiger partial charge is 0.160 e. The molecule has 18 heavy (non-hydrogen) atoms. The van der Waals surface area contributed by atoms with Gasteiger partial charge in [-0.2, -0.15) is 0 Å². The minimum Gasteiger partial charge on any atom is -0.370 e.